The first-order chi connectivity index (χ1) is 11.6. The number of halogens is 1. The Morgan fingerprint density at radius 1 is 1.29 bits per heavy atom. The Bertz CT molecular complexity index is 913. The standard InChI is InChI=1S/C18H17ClN4O/c1-10(24)20-7-13-4-12-5-15(19)14(6-16(12)23-13)18-9-21-17(8-22-18)11-2-3-11/h4-6,8-9,11,23H,2-3,7H2,1H3,(H,20,24). The lowest BCUT2D eigenvalue weighted by molar-refractivity contribution is -0.119. The Morgan fingerprint density at radius 2 is 2.12 bits per heavy atom. The number of nitrogens with zero attached hydrogens (tertiary/aromatic N) is 2. The van der Waals surface area contributed by atoms with Crippen molar-refractivity contribution >= 4 is 28.4 Å². The van der Waals surface area contributed by atoms with Gasteiger partial charge in [0.25, 0.3) is 0 Å². The SMILES string of the molecule is CC(=O)NCc1cc2cc(Cl)c(-c3cnc(C4CC4)cn3)cc2[nH]1. The summed E-state index contributed by atoms with van der Waals surface area (Å²) >= 11 is 6.44. The lowest BCUT2D eigenvalue weighted by Crippen LogP contribution is -2.18. The van der Waals surface area contributed by atoms with Crippen molar-refractivity contribution in [1.82, 2.24) is 20.3 Å². The van der Waals surface area contributed by atoms with Crippen molar-refractivity contribution < 1.29 is 4.79 Å². The third-order valence-corrected chi connectivity index (χ3v) is 4.55. The van der Waals surface area contributed by atoms with Crippen LogP contribution in [0.1, 0.15) is 37.1 Å². The highest BCUT2D eigenvalue weighted by Gasteiger charge is 2.25. The number of amides is 1. The van der Waals surface area contributed by atoms with Crippen LogP contribution in [0.15, 0.2) is 30.6 Å². The van der Waals surface area contributed by atoms with Crippen LogP contribution in [0.3, 0.4) is 0 Å². The summed E-state index contributed by atoms with van der Waals surface area (Å²) in [5, 5.41) is 4.43. The highest BCUT2D eigenvalue weighted by molar-refractivity contribution is 6.34. The number of carbonyl (C=O) groups is 1. The molecule has 4 rings (SSSR count). The van der Waals surface area contributed by atoms with Crippen molar-refractivity contribution in [3.05, 3.63) is 47.0 Å². The normalized spacial score (nSPS) is 14.1. The summed E-state index contributed by atoms with van der Waals surface area (Å²) in [4.78, 5) is 23.4. The summed E-state index contributed by atoms with van der Waals surface area (Å²) < 4.78 is 0. The average molecular weight is 341 g/mol. The Hall–Kier alpha value is -2.40. The number of aromatic nitrogens is 3. The van der Waals surface area contributed by atoms with Gasteiger partial charge in [-0.05, 0) is 31.0 Å². The van der Waals surface area contributed by atoms with E-state index in [1.165, 1.54) is 19.8 Å². The maximum Gasteiger partial charge on any atom is 0.217 e. The minimum absolute atomic E-state index is 0.0570. The number of hydrogen-bond acceptors (Lipinski definition) is 3. The van der Waals surface area contributed by atoms with Crippen molar-refractivity contribution in [1.29, 1.82) is 0 Å². The Kier molecular flexibility index (Phi) is 3.73. The largest absolute Gasteiger partial charge is 0.357 e. The summed E-state index contributed by atoms with van der Waals surface area (Å²) in [6.07, 6.45) is 6.06. The zero-order chi connectivity index (χ0) is 16.7. The molecule has 1 aliphatic rings. The van der Waals surface area contributed by atoms with E-state index < -0.39 is 0 Å². The zero-order valence-corrected chi connectivity index (χ0v) is 14.0. The molecule has 1 aliphatic carbocycles. The van der Waals surface area contributed by atoms with Gasteiger partial charge < -0.3 is 10.3 Å². The maximum absolute atomic E-state index is 11.0. The second-order valence-electron chi connectivity index (χ2n) is 6.22. The number of hydrogen-bond donors (Lipinski definition) is 2. The van der Waals surface area contributed by atoms with Crippen molar-refractivity contribution in [2.75, 3.05) is 0 Å². The van der Waals surface area contributed by atoms with E-state index in [0.29, 0.717) is 17.5 Å². The van der Waals surface area contributed by atoms with Gasteiger partial charge in [-0.25, -0.2) is 0 Å². The molecule has 3 aromatic rings. The zero-order valence-electron chi connectivity index (χ0n) is 13.3. The van der Waals surface area contributed by atoms with Gasteiger partial charge >= 0.3 is 0 Å². The number of benzene rings is 1. The minimum atomic E-state index is -0.0570. The minimum Gasteiger partial charge on any atom is -0.357 e. The van der Waals surface area contributed by atoms with E-state index in [0.717, 1.165) is 33.5 Å². The lowest BCUT2D eigenvalue weighted by atomic mass is 10.1. The number of rotatable bonds is 4. The van der Waals surface area contributed by atoms with Gasteiger partial charge in [-0.15, -0.1) is 0 Å². The predicted molar refractivity (Wildman–Crippen MR) is 93.8 cm³/mol. The van der Waals surface area contributed by atoms with E-state index in [9.17, 15) is 4.79 Å². The van der Waals surface area contributed by atoms with Gasteiger partial charge in [0.05, 0.1) is 29.2 Å². The van der Waals surface area contributed by atoms with E-state index in [1.54, 1.807) is 6.20 Å². The molecule has 0 aliphatic heterocycles. The molecule has 0 atom stereocenters. The molecule has 5 nitrogen and oxygen atoms in total. The van der Waals surface area contributed by atoms with Gasteiger partial charge in [0.2, 0.25) is 5.91 Å². The monoisotopic (exact) mass is 340 g/mol. The molecular formula is C18H17ClN4O. The highest BCUT2D eigenvalue weighted by atomic mass is 35.5. The third kappa shape index (κ3) is 2.99. The lowest BCUT2D eigenvalue weighted by Gasteiger charge is -2.05. The van der Waals surface area contributed by atoms with E-state index in [4.69, 9.17) is 11.6 Å². The summed E-state index contributed by atoms with van der Waals surface area (Å²) in [6.45, 7) is 1.97. The quantitative estimate of drug-likeness (QED) is 0.759. The number of fused-ring (bicyclic) bond motifs is 1. The van der Waals surface area contributed by atoms with Crippen LogP contribution in [0.4, 0.5) is 0 Å². The van der Waals surface area contributed by atoms with Gasteiger partial charge in [0.15, 0.2) is 0 Å². The highest BCUT2D eigenvalue weighted by Crippen LogP contribution is 2.39. The molecule has 1 aromatic carbocycles. The van der Waals surface area contributed by atoms with E-state index in [2.05, 4.69) is 20.3 Å². The molecule has 2 heterocycles. The maximum atomic E-state index is 11.0. The first-order valence-electron chi connectivity index (χ1n) is 7.98. The van der Waals surface area contributed by atoms with E-state index >= 15 is 0 Å². The van der Waals surface area contributed by atoms with Crippen molar-refractivity contribution in [3.8, 4) is 11.3 Å². The van der Waals surface area contributed by atoms with Crippen LogP contribution < -0.4 is 5.32 Å². The van der Waals surface area contributed by atoms with Gasteiger partial charge in [-0.1, -0.05) is 11.6 Å². The fraction of sp³-hybridized carbons (Fsp3) is 0.278. The number of carbonyl (C=O) groups excluding carboxylic acids is 1. The molecule has 6 heteroatoms. The van der Waals surface area contributed by atoms with Crippen molar-refractivity contribution in [3.63, 3.8) is 0 Å². The fourth-order valence-electron chi connectivity index (χ4n) is 2.79. The Labute approximate surface area is 144 Å². The first-order valence-corrected chi connectivity index (χ1v) is 8.36. The van der Waals surface area contributed by atoms with Gasteiger partial charge in [0.1, 0.15) is 0 Å². The molecule has 0 unspecified atom stereocenters. The number of aromatic amines is 1. The molecule has 0 radical (unpaired) electrons. The van der Waals surface area contributed by atoms with Crippen LogP contribution in [0.2, 0.25) is 5.02 Å². The van der Waals surface area contributed by atoms with Gasteiger partial charge in [-0.2, -0.15) is 0 Å². The summed E-state index contributed by atoms with van der Waals surface area (Å²) in [7, 11) is 0. The Morgan fingerprint density at radius 3 is 2.79 bits per heavy atom. The average Bonchev–Trinajstić information content (AvgIpc) is 3.33. The van der Waals surface area contributed by atoms with Gasteiger partial charge in [-0.3, -0.25) is 14.8 Å². The van der Waals surface area contributed by atoms with Crippen molar-refractivity contribution in [2.24, 2.45) is 0 Å². The van der Waals surface area contributed by atoms with Crippen LogP contribution in [-0.2, 0) is 11.3 Å². The van der Waals surface area contributed by atoms with Crippen LogP contribution in [0, 0.1) is 0 Å². The topological polar surface area (TPSA) is 70.7 Å². The third-order valence-electron chi connectivity index (χ3n) is 4.24. The van der Waals surface area contributed by atoms with Crippen molar-refractivity contribution in [2.45, 2.75) is 32.2 Å². The molecule has 0 saturated heterocycles. The molecule has 1 amide bonds. The van der Waals surface area contributed by atoms with E-state index in [-0.39, 0.29) is 5.91 Å². The van der Waals surface area contributed by atoms with Gasteiger partial charge in [0, 0.05) is 41.2 Å². The van der Waals surface area contributed by atoms with E-state index in [1.807, 2.05) is 24.4 Å². The fourth-order valence-corrected chi connectivity index (χ4v) is 3.06. The molecule has 0 spiro atoms. The predicted octanol–water partition coefficient (Wildman–Crippen LogP) is 3.79. The summed E-state index contributed by atoms with van der Waals surface area (Å²) in [6, 6.07) is 5.88. The molecule has 2 N–H and O–H groups in total. The Balaban J connectivity index is 1.67. The molecule has 2 aromatic heterocycles. The molecule has 122 valence electrons. The van der Waals surface area contributed by atoms with Crippen LogP contribution >= 0.6 is 11.6 Å². The second kappa shape index (κ2) is 5.91. The number of H-pyrrole nitrogens is 1. The van der Waals surface area contributed by atoms with Crippen LogP contribution in [-0.4, -0.2) is 20.9 Å². The molecule has 0 bridgehead atoms. The smallest absolute Gasteiger partial charge is 0.217 e. The molecular weight excluding hydrogens is 324 g/mol. The van der Waals surface area contributed by atoms with Crippen LogP contribution in [0.25, 0.3) is 22.2 Å². The summed E-state index contributed by atoms with van der Waals surface area (Å²) in [5.74, 6) is 0.530. The molecule has 24 heavy (non-hydrogen) atoms. The molecule has 1 saturated carbocycles. The first kappa shape index (κ1) is 15.1. The summed E-state index contributed by atoms with van der Waals surface area (Å²) in [5.41, 5.74) is 4.58. The van der Waals surface area contributed by atoms with Crippen LogP contribution in [0.5, 0.6) is 0 Å². The molecule has 1 fully saturated rings. The number of nitrogens with one attached hydrogen (secondary N) is 2. The second-order valence-corrected chi connectivity index (χ2v) is 6.63.